The number of hydrogen-bond donors (Lipinski definition) is 1. The van der Waals surface area contributed by atoms with Gasteiger partial charge >= 0.3 is 0 Å². The van der Waals surface area contributed by atoms with Crippen LogP contribution >= 0.6 is 34.3 Å². The van der Waals surface area contributed by atoms with Gasteiger partial charge in [-0.15, -0.1) is 22.7 Å². The minimum Gasteiger partial charge on any atom is -0.369 e. The molecule has 1 aliphatic rings. The Labute approximate surface area is 134 Å². The van der Waals surface area contributed by atoms with Crippen molar-refractivity contribution in [3.63, 3.8) is 0 Å². The maximum Gasteiger partial charge on any atom is 0.273 e. The zero-order valence-corrected chi connectivity index (χ0v) is 13.3. The first kappa shape index (κ1) is 14.5. The molecule has 2 N–H and O–H groups in total. The number of thiazole rings is 1. The standard InChI is InChI=1S/C13H12ClN3O2S2/c14-10-2-1-9(21-10)12-16-8(6-20-12)13(19)17-4-3-7(5-17)11(15)18/h1-2,6-7H,3-5H2,(H2,15,18). The van der Waals surface area contributed by atoms with Gasteiger partial charge in [0.1, 0.15) is 10.7 Å². The van der Waals surface area contributed by atoms with Crippen LogP contribution in [0.2, 0.25) is 4.34 Å². The molecule has 1 aliphatic heterocycles. The predicted octanol–water partition coefficient (Wildman–Crippen LogP) is 2.47. The Morgan fingerprint density at radius 2 is 2.24 bits per heavy atom. The van der Waals surface area contributed by atoms with Gasteiger partial charge in [-0.05, 0) is 18.6 Å². The van der Waals surface area contributed by atoms with E-state index in [1.807, 2.05) is 12.1 Å². The number of likely N-dealkylation sites (tertiary alicyclic amines) is 1. The van der Waals surface area contributed by atoms with Crippen molar-refractivity contribution in [1.82, 2.24) is 9.88 Å². The number of rotatable bonds is 3. The van der Waals surface area contributed by atoms with Crippen molar-refractivity contribution in [3.8, 4) is 9.88 Å². The van der Waals surface area contributed by atoms with Crippen molar-refractivity contribution in [2.45, 2.75) is 6.42 Å². The van der Waals surface area contributed by atoms with Gasteiger partial charge in [-0.2, -0.15) is 0 Å². The van der Waals surface area contributed by atoms with E-state index in [1.165, 1.54) is 22.7 Å². The van der Waals surface area contributed by atoms with Crippen LogP contribution in [0.15, 0.2) is 17.5 Å². The van der Waals surface area contributed by atoms with Crippen molar-refractivity contribution in [1.29, 1.82) is 0 Å². The van der Waals surface area contributed by atoms with Crippen molar-refractivity contribution in [3.05, 3.63) is 27.5 Å². The van der Waals surface area contributed by atoms with Crippen LogP contribution in [0.25, 0.3) is 9.88 Å². The van der Waals surface area contributed by atoms with Crippen LogP contribution < -0.4 is 5.73 Å². The zero-order chi connectivity index (χ0) is 15.0. The summed E-state index contributed by atoms with van der Waals surface area (Å²) in [6, 6.07) is 3.70. The fourth-order valence-corrected chi connectivity index (χ4v) is 4.16. The number of primary amides is 1. The van der Waals surface area contributed by atoms with E-state index in [1.54, 1.807) is 10.3 Å². The summed E-state index contributed by atoms with van der Waals surface area (Å²) in [6.45, 7) is 0.927. The molecule has 1 fully saturated rings. The molecular formula is C13H12ClN3O2S2. The summed E-state index contributed by atoms with van der Waals surface area (Å²) in [5.74, 6) is -0.746. The molecule has 5 nitrogen and oxygen atoms in total. The summed E-state index contributed by atoms with van der Waals surface area (Å²) in [6.07, 6.45) is 0.624. The summed E-state index contributed by atoms with van der Waals surface area (Å²) in [4.78, 5) is 30.5. The highest BCUT2D eigenvalue weighted by atomic mass is 35.5. The first-order valence-corrected chi connectivity index (χ1v) is 8.42. The Kier molecular flexibility index (Phi) is 3.97. The number of carbonyl (C=O) groups excluding carboxylic acids is 2. The highest BCUT2D eigenvalue weighted by Gasteiger charge is 2.31. The van der Waals surface area contributed by atoms with E-state index in [2.05, 4.69) is 4.98 Å². The van der Waals surface area contributed by atoms with E-state index in [4.69, 9.17) is 17.3 Å². The molecule has 0 aromatic carbocycles. The summed E-state index contributed by atoms with van der Waals surface area (Å²) in [5.41, 5.74) is 5.69. The number of thiophene rings is 1. The Morgan fingerprint density at radius 3 is 2.86 bits per heavy atom. The van der Waals surface area contributed by atoms with Crippen LogP contribution in [0.5, 0.6) is 0 Å². The number of halogens is 1. The van der Waals surface area contributed by atoms with Gasteiger partial charge in [-0.25, -0.2) is 4.98 Å². The van der Waals surface area contributed by atoms with Crippen molar-refractivity contribution >= 4 is 46.1 Å². The summed E-state index contributed by atoms with van der Waals surface area (Å²) in [5, 5.41) is 2.52. The molecule has 1 saturated heterocycles. The van der Waals surface area contributed by atoms with E-state index in [0.717, 1.165) is 9.88 Å². The van der Waals surface area contributed by atoms with Crippen molar-refractivity contribution in [2.24, 2.45) is 11.7 Å². The zero-order valence-electron chi connectivity index (χ0n) is 10.9. The molecular weight excluding hydrogens is 330 g/mol. The van der Waals surface area contributed by atoms with E-state index in [0.29, 0.717) is 29.5 Å². The SMILES string of the molecule is NC(=O)C1CCN(C(=O)c2csc(-c3ccc(Cl)s3)n2)C1. The number of nitrogens with zero attached hydrogens (tertiary/aromatic N) is 2. The van der Waals surface area contributed by atoms with Crippen LogP contribution in [-0.2, 0) is 4.79 Å². The number of carbonyl (C=O) groups is 2. The average molecular weight is 342 g/mol. The number of amides is 2. The van der Waals surface area contributed by atoms with Gasteiger partial charge in [0.05, 0.1) is 15.1 Å². The fourth-order valence-electron chi connectivity index (χ4n) is 2.25. The Morgan fingerprint density at radius 1 is 1.43 bits per heavy atom. The van der Waals surface area contributed by atoms with Gasteiger partial charge in [0.25, 0.3) is 5.91 Å². The monoisotopic (exact) mass is 341 g/mol. The Bertz CT molecular complexity index is 697. The number of hydrogen-bond acceptors (Lipinski definition) is 5. The van der Waals surface area contributed by atoms with Crippen LogP contribution in [0.4, 0.5) is 0 Å². The van der Waals surface area contributed by atoms with Gasteiger partial charge in [-0.3, -0.25) is 9.59 Å². The Hall–Kier alpha value is -1.44. The summed E-state index contributed by atoms with van der Waals surface area (Å²) < 4.78 is 0.692. The van der Waals surface area contributed by atoms with Crippen LogP contribution in [0.3, 0.4) is 0 Å². The molecule has 2 aromatic heterocycles. The fraction of sp³-hybridized carbons (Fsp3) is 0.308. The first-order valence-electron chi connectivity index (χ1n) is 6.34. The smallest absolute Gasteiger partial charge is 0.273 e. The quantitative estimate of drug-likeness (QED) is 0.931. The van der Waals surface area contributed by atoms with Crippen LogP contribution in [-0.4, -0.2) is 34.8 Å². The molecule has 0 aliphatic carbocycles. The third-order valence-corrected chi connectivity index (χ3v) is 5.63. The molecule has 3 heterocycles. The van der Waals surface area contributed by atoms with Crippen LogP contribution in [0.1, 0.15) is 16.9 Å². The average Bonchev–Trinajstić information content (AvgIpc) is 3.17. The van der Waals surface area contributed by atoms with Gasteiger partial charge < -0.3 is 10.6 Å². The molecule has 3 rings (SSSR count). The third-order valence-electron chi connectivity index (χ3n) is 3.39. The molecule has 0 saturated carbocycles. The molecule has 1 unspecified atom stereocenters. The summed E-state index contributed by atoms with van der Waals surface area (Å²) in [7, 11) is 0. The van der Waals surface area contributed by atoms with E-state index in [9.17, 15) is 9.59 Å². The molecule has 8 heteroatoms. The van der Waals surface area contributed by atoms with Crippen molar-refractivity contribution in [2.75, 3.05) is 13.1 Å². The van der Waals surface area contributed by atoms with E-state index < -0.39 is 0 Å². The van der Waals surface area contributed by atoms with Gasteiger partial charge in [0, 0.05) is 18.5 Å². The van der Waals surface area contributed by atoms with Gasteiger partial charge in [0.2, 0.25) is 5.91 Å². The largest absolute Gasteiger partial charge is 0.369 e. The normalized spacial score (nSPS) is 18.1. The molecule has 0 spiro atoms. The molecule has 2 aromatic rings. The van der Waals surface area contributed by atoms with E-state index in [-0.39, 0.29) is 17.7 Å². The second kappa shape index (κ2) is 5.75. The topological polar surface area (TPSA) is 76.3 Å². The highest BCUT2D eigenvalue weighted by Crippen LogP contribution is 2.33. The molecule has 21 heavy (non-hydrogen) atoms. The Balaban J connectivity index is 1.74. The molecule has 0 bridgehead atoms. The first-order chi connectivity index (χ1) is 10.0. The minimum atomic E-state index is -0.350. The second-order valence-corrected chi connectivity index (χ2v) is 7.35. The summed E-state index contributed by atoms with van der Waals surface area (Å²) >= 11 is 8.75. The highest BCUT2D eigenvalue weighted by molar-refractivity contribution is 7.23. The lowest BCUT2D eigenvalue weighted by atomic mass is 10.1. The predicted molar refractivity (Wildman–Crippen MR) is 83.6 cm³/mol. The maximum absolute atomic E-state index is 12.4. The van der Waals surface area contributed by atoms with E-state index >= 15 is 0 Å². The minimum absolute atomic E-state index is 0.149. The van der Waals surface area contributed by atoms with Gasteiger partial charge in [-0.1, -0.05) is 11.6 Å². The van der Waals surface area contributed by atoms with Gasteiger partial charge in [0.15, 0.2) is 0 Å². The lowest BCUT2D eigenvalue weighted by Gasteiger charge is -2.13. The number of nitrogens with two attached hydrogens (primary N) is 1. The van der Waals surface area contributed by atoms with Crippen LogP contribution in [0, 0.1) is 5.92 Å². The number of aromatic nitrogens is 1. The van der Waals surface area contributed by atoms with Crippen molar-refractivity contribution < 1.29 is 9.59 Å². The molecule has 2 amide bonds. The molecule has 110 valence electrons. The molecule has 1 atom stereocenters. The second-order valence-electron chi connectivity index (χ2n) is 4.78. The third kappa shape index (κ3) is 2.95. The lowest BCUT2D eigenvalue weighted by Crippen LogP contribution is -2.31. The molecule has 0 radical (unpaired) electrons. The lowest BCUT2D eigenvalue weighted by molar-refractivity contribution is -0.121. The maximum atomic E-state index is 12.4.